The molecular formula is C45H88NO8P. The number of hydrogen-bond donors (Lipinski definition) is 3. The molecule has 0 bridgehead atoms. The monoisotopic (exact) mass is 802 g/mol. The minimum absolute atomic E-state index is 0.0802. The van der Waals surface area contributed by atoms with Crippen LogP contribution in [0.15, 0.2) is 12.2 Å². The third-order valence-electron chi connectivity index (χ3n) is 10.2. The number of carbonyl (C=O) groups is 2. The van der Waals surface area contributed by atoms with E-state index in [0.717, 1.165) is 51.4 Å². The molecule has 3 N–H and O–H groups in total. The first-order chi connectivity index (χ1) is 26.8. The van der Waals surface area contributed by atoms with Gasteiger partial charge in [0.05, 0.1) is 13.2 Å². The second-order valence-corrected chi connectivity index (χ2v) is 17.2. The SMILES string of the molecule is CCCC/C=C\CCCCCCCC(=O)NCCOP(=O)(O)OCC(O)COC(=O)CCCCCCCCCCCCCCCCCCCCCCCCC. The summed E-state index contributed by atoms with van der Waals surface area (Å²) in [5, 5.41) is 12.7. The third-order valence-corrected chi connectivity index (χ3v) is 11.2. The molecule has 2 atom stereocenters. The van der Waals surface area contributed by atoms with Gasteiger partial charge in [0, 0.05) is 19.4 Å². The Morgan fingerprint density at radius 1 is 0.545 bits per heavy atom. The van der Waals surface area contributed by atoms with Gasteiger partial charge in [0.15, 0.2) is 0 Å². The van der Waals surface area contributed by atoms with Crippen molar-refractivity contribution in [2.75, 3.05) is 26.4 Å². The maximum Gasteiger partial charge on any atom is 0.472 e. The van der Waals surface area contributed by atoms with Gasteiger partial charge in [-0.2, -0.15) is 0 Å². The molecule has 0 aliphatic carbocycles. The number of rotatable bonds is 44. The number of aliphatic hydroxyl groups excluding tert-OH is 1. The van der Waals surface area contributed by atoms with Crippen molar-refractivity contribution < 1.29 is 37.9 Å². The molecule has 0 aromatic rings. The minimum atomic E-state index is -4.41. The van der Waals surface area contributed by atoms with E-state index in [1.165, 1.54) is 154 Å². The Morgan fingerprint density at radius 3 is 1.42 bits per heavy atom. The Morgan fingerprint density at radius 2 is 0.945 bits per heavy atom. The van der Waals surface area contributed by atoms with E-state index in [2.05, 4.69) is 31.3 Å². The average Bonchev–Trinajstić information content (AvgIpc) is 3.17. The molecule has 0 fully saturated rings. The average molecular weight is 802 g/mol. The predicted molar refractivity (Wildman–Crippen MR) is 229 cm³/mol. The molecule has 0 aliphatic heterocycles. The van der Waals surface area contributed by atoms with Crippen molar-refractivity contribution in [3.8, 4) is 0 Å². The van der Waals surface area contributed by atoms with Crippen LogP contribution in [0.2, 0.25) is 0 Å². The van der Waals surface area contributed by atoms with Crippen LogP contribution in [0.3, 0.4) is 0 Å². The number of phosphoric ester groups is 1. The summed E-state index contributed by atoms with van der Waals surface area (Å²) in [6, 6.07) is 0. The van der Waals surface area contributed by atoms with E-state index in [9.17, 15) is 24.2 Å². The maximum atomic E-state index is 12.1. The molecule has 0 saturated heterocycles. The largest absolute Gasteiger partial charge is 0.472 e. The smallest absolute Gasteiger partial charge is 0.463 e. The highest BCUT2D eigenvalue weighted by atomic mass is 31.2. The van der Waals surface area contributed by atoms with Crippen LogP contribution < -0.4 is 5.32 Å². The Balaban J connectivity index is 3.51. The van der Waals surface area contributed by atoms with Crippen molar-refractivity contribution in [3.63, 3.8) is 0 Å². The lowest BCUT2D eigenvalue weighted by Crippen LogP contribution is -2.27. The Kier molecular flexibility index (Phi) is 41.4. The normalized spacial score (nSPS) is 13.3. The highest BCUT2D eigenvalue weighted by Gasteiger charge is 2.23. The van der Waals surface area contributed by atoms with Crippen molar-refractivity contribution in [2.24, 2.45) is 0 Å². The number of hydrogen-bond acceptors (Lipinski definition) is 7. The summed E-state index contributed by atoms with van der Waals surface area (Å²) < 4.78 is 26.9. The molecule has 0 saturated carbocycles. The lowest BCUT2D eigenvalue weighted by Gasteiger charge is -2.15. The van der Waals surface area contributed by atoms with E-state index >= 15 is 0 Å². The molecule has 0 spiro atoms. The Hall–Kier alpha value is -1.25. The number of phosphoric acid groups is 1. The van der Waals surface area contributed by atoms with Crippen LogP contribution in [0, 0.1) is 0 Å². The van der Waals surface area contributed by atoms with Gasteiger partial charge in [0.25, 0.3) is 0 Å². The predicted octanol–water partition coefficient (Wildman–Crippen LogP) is 13.0. The lowest BCUT2D eigenvalue weighted by molar-refractivity contribution is -0.147. The van der Waals surface area contributed by atoms with Gasteiger partial charge in [0.1, 0.15) is 12.7 Å². The molecule has 0 radical (unpaired) electrons. The van der Waals surface area contributed by atoms with Gasteiger partial charge in [-0.3, -0.25) is 18.6 Å². The van der Waals surface area contributed by atoms with Gasteiger partial charge in [0.2, 0.25) is 5.91 Å². The van der Waals surface area contributed by atoms with E-state index in [-0.39, 0.29) is 32.1 Å². The summed E-state index contributed by atoms with van der Waals surface area (Å²) in [4.78, 5) is 33.9. The molecule has 1 amide bonds. The summed E-state index contributed by atoms with van der Waals surface area (Å²) in [6.45, 7) is 3.54. The standard InChI is InChI=1S/C45H88NO8P/c1-3-5-7-9-11-13-15-16-17-18-19-20-21-22-23-24-25-26-28-30-32-34-36-38-45(49)52-41-43(47)42-54-55(50,51)53-40-39-46-44(48)37-35-33-31-29-27-14-12-10-8-6-4-2/h10,12,43,47H,3-9,11,13-42H2,1-2H3,(H,46,48)(H,50,51)/b12-10-. The van der Waals surface area contributed by atoms with Gasteiger partial charge in [-0.15, -0.1) is 0 Å². The third kappa shape index (κ3) is 43.7. The highest BCUT2D eigenvalue weighted by molar-refractivity contribution is 7.47. The van der Waals surface area contributed by atoms with E-state index in [0.29, 0.717) is 6.42 Å². The van der Waals surface area contributed by atoms with Crippen LogP contribution in [0.25, 0.3) is 0 Å². The molecule has 10 heteroatoms. The summed E-state index contributed by atoms with van der Waals surface area (Å²) in [5.74, 6) is -0.517. The van der Waals surface area contributed by atoms with Gasteiger partial charge in [-0.1, -0.05) is 199 Å². The molecule has 0 aliphatic rings. The molecule has 0 heterocycles. The van der Waals surface area contributed by atoms with E-state index in [4.69, 9.17) is 13.8 Å². The van der Waals surface area contributed by atoms with Crippen LogP contribution in [0.4, 0.5) is 0 Å². The molecule has 326 valence electrons. The Labute approximate surface area is 338 Å². The first-order valence-electron chi connectivity index (χ1n) is 23.2. The summed E-state index contributed by atoms with van der Waals surface area (Å²) in [5.41, 5.74) is 0. The zero-order chi connectivity index (χ0) is 40.3. The number of ether oxygens (including phenoxy) is 1. The molecular weight excluding hydrogens is 713 g/mol. The van der Waals surface area contributed by atoms with Crippen molar-refractivity contribution in [3.05, 3.63) is 12.2 Å². The summed E-state index contributed by atoms with van der Waals surface area (Å²) >= 11 is 0. The van der Waals surface area contributed by atoms with Crippen molar-refractivity contribution in [1.82, 2.24) is 5.32 Å². The highest BCUT2D eigenvalue weighted by Crippen LogP contribution is 2.42. The van der Waals surface area contributed by atoms with Crippen LogP contribution in [0.1, 0.15) is 232 Å². The fourth-order valence-electron chi connectivity index (χ4n) is 6.66. The van der Waals surface area contributed by atoms with Crippen LogP contribution in [-0.4, -0.2) is 54.3 Å². The quantitative estimate of drug-likeness (QED) is 0.0240. The van der Waals surface area contributed by atoms with Gasteiger partial charge in [-0.05, 0) is 32.1 Å². The molecule has 9 nitrogen and oxygen atoms in total. The molecule has 0 aromatic carbocycles. The van der Waals surface area contributed by atoms with Crippen LogP contribution >= 0.6 is 7.82 Å². The molecule has 0 aromatic heterocycles. The van der Waals surface area contributed by atoms with Gasteiger partial charge < -0.3 is 20.1 Å². The van der Waals surface area contributed by atoms with Crippen molar-refractivity contribution in [1.29, 1.82) is 0 Å². The van der Waals surface area contributed by atoms with Crippen molar-refractivity contribution in [2.45, 2.75) is 238 Å². The number of aliphatic hydroxyl groups is 1. The molecule has 0 rings (SSSR count). The number of carbonyl (C=O) groups excluding carboxylic acids is 2. The molecule has 2 unspecified atom stereocenters. The second kappa shape index (κ2) is 42.4. The number of unbranched alkanes of at least 4 members (excludes halogenated alkanes) is 29. The maximum absolute atomic E-state index is 12.1. The van der Waals surface area contributed by atoms with E-state index in [1.54, 1.807) is 0 Å². The zero-order valence-electron chi connectivity index (χ0n) is 35.9. The van der Waals surface area contributed by atoms with Gasteiger partial charge >= 0.3 is 13.8 Å². The first-order valence-corrected chi connectivity index (χ1v) is 24.7. The number of amides is 1. The van der Waals surface area contributed by atoms with E-state index in [1.807, 2.05) is 0 Å². The number of esters is 1. The second-order valence-electron chi connectivity index (χ2n) is 15.7. The first kappa shape index (κ1) is 53.8. The summed E-state index contributed by atoms with van der Waals surface area (Å²) in [7, 11) is -4.41. The summed E-state index contributed by atoms with van der Waals surface area (Å²) in [6.07, 6.45) is 44.4. The van der Waals surface area contributed by atoms with Gasteiger partial charge in [-0.25, -0.2) is 4.57 Å². The van der Waals surface area contributed by atoms with Crippen molar-refractivity contribution >= 4 is 19.7 Å². The van der Waals surface area contributed by atoms with Crippen LogP contribution in [-0.2, 0) is 27.9 Å². The minimum Gasteiger partial charge on any atom is -0.463 e. The fraction of sp³-hybridized carbons (Fsp3) is 0.911. The molecule has 55 heavy (non-hydrogen) atoms. The van der Waals surface area contributed by atoms with E-state index < -0.39 is 26.5 Å². The van der Waals surface area contributed by atoms with Crippen LogP contribution in [0.5, 0.6) is 0 Å². The zero-order valence-corrected chi connectivity index (χ0v) is 36.8. The Bertz CT molecular complexity index is 917. The topological polar surface area (TPSA) is 131 Å². The fourth-order valence-corrected chi connectivity index (χ4v) is 7.41. The number of nitrogens with one attached hydrogen (secondary N) is 1. The lowest BCUT2D eigenvalue weighted by atomic mass is 10.0. The number of allylic oxidation sites excluding steroid dienone is 2.